The van der Waals surface area contributed by atoms with Crippen molar-refractivity contribution >= 4 is 22.9 Å². The van der Waals surface area contributed by atoms with Gasteiger partial charge < -0.3 is 20.1 Å². The van der Waals surface area contributed by atoms with E-state index in [-0.39, 0.29) is 24.0 Å². The molecule has 2 fully saturated rings. The van der Waals surface area contributed by atoms with Gasteiger partial charge in [0, 0.05) is 30.6 Å². The maximum absolute atomic E-state index is 11.8. The van der Waals surface area contributed by atoms with Crippen molar-refractivity contribution in [2.45, 2.75) is 95.8 Å². The second-order valence-electron chi connectivity index (χ2n) is 10.7. The Kier molecular flexibility index (Phi) is 7.86. The van der Waals surface area contributed by atoms with E-state index in [4.69, 9.17) is 15.0 Å². The summed E-state index contributed by atoms with van der Waals surface area (Å²) in [6.07, 6.45) is 13.1. The highest BCUT2D eigenvalue weighted by molar-refractivity contribution is 5.87. The van der Waals surface area contributed by atoms with Crippen molar-refractivity contribution in [1.82, 2.24) is 29.7 Å². The highest BCUT2D eigenvalue weighted by atomic mass is 16.1. The third-order valence-electron chi connectivity index (χ3n) is 7.59. The number of hydrogen-bond donors (Lipinski definition) is 2. The summed E-state index contributed by atoms with van der Waals surface area (Å²) in [4.78, 5) is 28.8. The average Bonchev–Trinajstić information content (AvgIpc) is 3.24. The first-order chi connectivity index (χ1) is 16.3. The Hall–Kier alpha value is -2.48. The summed E-state index contributed by atoms with van der Waals surface area (Å²) in [5.41, 5.74) is 1.75. The second kappa shape index (κ2) is 10.8. The molecule has 0 bridgehead atoms. The fourth-order valence-electron chi connectivity index (χ4n) is 5.56. The first-order valence-corrected chi connectivity index (χ1v) is 12.9. The normalized spacial score (nSPS) is 25.6. The van der Waals surface area contributed by atoms with E-state index in [1.807, 2.05) is 6.33 Å². The molecular formula is C26H41N7O. The van der Waals surface area contributed by atoms with E-state index in [9.17, 15) is 4.79 Å². The standard InChI is InChI=1S/C26H41N7O/c1-6-23(34)28-19-8-7-9-20(15-19)29-25-24-26(33(16-27-24)17(2)3)31-22(30-25)14-18-10-12-21(13-11-18)32(4)5/h6,16-21H,1,7-15H2,2-5H3,(H,28,34)(H,29,30,31). The number of nitrogens with zero attached hydrogens (tertiary/aromatic N) is 5. The van der Waals surface area contributed by atoms with E-state index >= 15 is 0 Å². The van der Waals surface area contributed by atoms with Gasteiger partial charge in [-0.05, 0) is 91.3 Å². The van der Waals surface area contributed by atoms with Crippen LogP contribution in [-0.2, 0) is 11.2 Å². The molecule has 1 amide bonds. The third kappa shape index (κ3) is 5.77. The van der Waals surface area contributed by atoms with Gasteiger partial charge >= 0.3 is 0 Å². The molecule has 0 aromatic carbocycles. The minimum atomic E-state index is -0.1000. The molecule has 2 aliphatic carbocycles. The number of fused-ring (bicyclic) bond motifs is 1. The fourth-order valence-corrected chi connectivity index (χ4v) is 5.56. The summed E-state index contributed by atoms with van der Waals surface area (Å²) >= 11 is 0. The number of anilines is 1. The lowest BCUT2D eigenvalue weighted by molar-refractivity contribution is -0.117. The zero-order chi connectivity index (χ0) is 24.2. The average molecular weight is 468 g/mol. The zero-order valence-electron chi connectivity index (χ0n) is 21.3. The summed E-state index contributed by atoms with van der Waals surface area (Å²) in [5.74, 6) is 2.28. The molecular weight excluding hydrogens is 426 g/mol. The Labute approximate surface area is 203 Å². The van der Waals surface area contributed by atoms with Crippen LogP contribution in [0.4, 0.5) is 5.82 Å². The van der Waals surface area contributed by atoms with E-state index in [1.165, 1.54) is 31.8 Å². The van der Waals surface area contributed by atoms with Gasteiger partial charge in [0.25, 0.3) is 0 Å². The molecule has 2 N–H and O–H groups in total. The lowest BCUT2D eigenvalue weighted by atomic mass is 9.83. The lowest BCUT2D eigenvalue weighted by Crippen LogP contribution is -2.41. The van der Waals surface area contributed by atoms with E-state index in [1.54, 1.807) is 0 Å². The molecule has 186 valence electrons. The SMILES string of the molecule is C=CC(=O)NC1CCCC(Nc2nc(CC3CCC(N(C)C)CC3)nc3c2ncn3C(C)C)C1. The molecule has 0 aliphatic heterocycles. The second-order valence-corrected chi connectivity index (χ2v) is 10.7. The van der Waals surface area contributed by atoms with E-state index in [0.29, 0.717) is 12.0 Å². The van der Waals surface area contributed by atoms with Crippen LogP contribution < -0.4 is 10.6 Å². The molecule has 8 nitrogen and oxygen atoms in total. The van der Waals surface area contributed by atoms with Gasteiger partial charge in [-0.15, -0.1) is 0 Å². The zero-order valence-corrected chi connectivity index (χ0v) is 21.3. The first-order valence-electron chi connectivity index (χ1n) is 12.9. The Balaban J connectivity index is 1.53. The van der Waals surface area contributed by atoms with Crippen molar-refractivity contribution in [1.29, 1.82) is 0 Å². The van der Waals surface area contributed by atoms with Crippen molar-refractivity contribution in [2.75, 3.05) is 19.4 Å². The maximum Gasteiger partial charge on any atom is 0.243 e. The number of nitrogens with one attached hydrogen (secondary N) is 2. The summed E-state index contributed by atoms with van der Waals surface area (Å²) in [6.45, 7) is 7.89. The van der Waals surface area contributed by atoms with Crippen LogP contribution >= 0.6 is 0 Å². The number of aromatic nitrogens is 4. The summed E-state index contributed by atoms with van der Waals surface area (Å²) in [7, 11) is 4.37. The van der Waals surface area contributed by atoms with Crippen LogP contribution in [0.5, 0.6) is 0 Å². The molecule has 2 unspecified atom stereocenters. The van der Waals surface area contributed by atoms with Crippen LogP contribution in [0, 0.1) is 5.92 Å². The number of amides is 1. The number of hydrogen-bond acceptors (Lipinski definition) is 6. The quantitative estimate of drug-likeness (QED) is 0.569. The molecule has 4 rings (SSSR count). The van der Waals surface area contributed by atoms with Gasteiger partial charge in [-0.3, -0.25) is 4.79 Å². The Bertz CT molecular complexity index is 990. The van der Waals surface area contributed by atoms with Gasteiger partial charge in [0.2, 0.25) is 5.91 Å². The molecule has 0 saturated heterocycles. The largest absolute Gasteiger partial charge is 0.365 e. The van der Waals surface area contributed by atoms with E-state index < -0.39 is 0 Å². The van der Waals surface area contributed by atoms with Gasteiger partial charge in [0.1, 0.15) is 11.3 Å². The van der Waals surface area contributed by atoms with Crippen LogP contribution in [0.2, 0.25) is 0 Å². The minimum absolute atomic E-state index is 0.1000. The summed E-state index contributed by atoms with van der Waals surface area (Å²) in [5, 5.41) is 6.75. The molecule has 2 atom stereocenters. The number of carbonyl (C=O) groups is 1. The molecule has 34 heavy (non-hydrogen) atoms. The Morgan fingerprint density at radius 1 is 1.18 bits per heavy atom. The van der Waals surface area contributed by atoms with E-state index in [0.717, 1.165) is 54.9 Å². The minimum Gasteiger partial charge on any atom is -0.365 e. The number of carbonyl (C=O) groups excluding carboxylic acids is 1. The van der Waals surface area contributed by atoms with Crippen LogP contribution in [0.25, 0.3) is 11.2 Å². The summed E-state index contributed by atoms with van der Waals surface area (Å²) < 4.78 is 2.14. The Morgan fingerprint density at radius 3 is 2.59 bits per heavy atom. The smallest absolute Gasteiger partial charge is 0.243 e. The summed E-state index contributed by atoms with van der Waals surface area (Å²) in [6, 6.07) is 1.38. The topological polar surface area (TPSA) is 88.0 Å². The predicted molar refractivity (Wildman–Crippen MR) is 137 cm³/mol. The highest BCUT2D eigenvalue weighted by Crippen LogP contribution is 2.31. The molecule has 2 aromatic rings. The predicted octanol–water partition coefficient (Wildman–Crippen LogP) is 4.10. The molecule has 0 spiro atoms. The van der Waals surface area contributed by atoms with Crippen LogP contribution in [0.3, 0.4) is 0 Å². The fraction of sp³-hybridized carbons (Fsp3) is 0.692. The first kappa shape index (κ1) is 24.6. The number of imidazole rings is 1. The van der Waals surface area contributed by atoms with Crippen LogP contribution in [0.1, 0.15) is 77.1 Å². The lowest BCUT2D eigenvalue weighted by Gasteiger charge is -2.32. The molecule has 0 radical (unpaired) electrons. The molecule has 2 heterocycles. The molecule has 2 aliphatic rings. The number of rotatable bonds is 8. The van der Waals surface area contributed by atoms with Gasteiger partial charge in [-0.25, -0.2) is 15.0 Å². The van der Waals surface area contributed by atoms with Crippen molar-refractivity contribution in [3.05, 3.63) is 24.8 Å². The highest BCUT2D eigenvalue weighted by Gasteiger charge is 2.27. The molecule has 2 aromatic heterocycles. The van der Waals surface area contributed by atoms with Gasteiger partial charge in [0.15, 0.2) is 11.5 Å². The molecule has 8 heteroatoms. The van der Waals surface area contributed by atoms with Gasteiger partial charge in [-0.1, -0.05) is 6.58 Å². The van der Waals surface area contributed by atoms with Crippen LogP contribution in [0.15, 0.2) is 19.0 Å². The van der Waals surface area contributed by atoms with E-state index in [2.05, 4.69) is 54.6 Å². The Morgan fingerprint density at radius 2 is 1.91 bits per heavy atom. The van der Waals surface area contributed by atoms with Crippen molar-refractivity contribution in [3.63, 3.8) is 0 Å². The third-order valence-corrected chi connectivity index (χ3v) is 7.59. The van der Waals surface area contributed by atoms with Gasteiger partial charge in [-0.2, -0.15) is 0 Å². The van der Waals surface area contributed by atoms with Crippen molar-refractivity contribution in [3.8, 4) is 0 Å². The van der Waals surface area contributed by atoms with Crippen molar-refractivity contribution < 1.29 is 4.79 Å². The molecule has 2 saturated carbocycles. The van der Waals surface area contributed by atoms with Gasteiger partial charge in [0.05, 0.1) is 6.33 Å². The van der Waals surface area contributed by atoms with Crippen LogP contribution in [-0.4, -0.2) is 62.5 Å². The maximum atomic E-state index is 11.8. The monoisotopic (exact) mass is 467 g/mol. The van der Waals surface area contributed by atoms with Crippen molar-refractivity contribution in [2.24, 2.45) is 5.92 Å².